The number of aliphatic carboxylic acids is 1. The summed E-state index contributed by atoms with van der Waals surface area (Å²) in [7, 11) is -4.53. The molecule has 0 aliphatic carbocycles. The normalized spacial score (nSPS) is 16.6. The summed E-state index contributed by atoms with van der Waals surface area (Å²) in [5.41, 5.74) is -3.56. The largest absolute Gasteiger partial charge is 0.480 e. The first-order valence-corrected chi connectivity index (χ1v) is 6.45. The predicted molar refractivity (Wildman–Crippen MR) is 57.1 cm³/mol. The molecule has 0 rings (SSSR count). The van der Waals surface area contributed by atoms with E-state index >= 15 is 0 Å². The molecule has 0 saturated heterocycles. The number of rotatable bonds is 6. The fourth-order valence-corrected chi connectivity index (χ4v) is 2.64. The lowest BCUT2D eigenvalue weighted by Crippen LogP contribution is -2.64. The second-order valence-electron chi connectivity index (χ2n) is 3.62. The van der Waals surface area contributed by atoms with Crippen molar-refractivity contribution in [2.24, 2.45) is 0 Å². The van der Waals surface area contributed by atoms with Gasteiger partial charge in [0.1, 0.15) is 0 Å². The van der Waals surface area contributed by atoms with Crippen molar-refractivity contribution in [3.8, 4) is 0 Å². The van der Waals surface area contributed by atoms with Crippen molar-refractivity contribution >= 4 is 16.2 Å². The second-order valence-corrected chi connectivity index (χ2v) is 5.29. The van der Waals surface area contributed by atoms with Crippen LogP contribution < -0.4 is 4.72 Å². The Bertz CT molecular complexity index is 405. The van der Waals surface area contributed by atoms with Gasteiger partial charge in [-0.3, -0.25) is 0 Å². The Kier molecular flexibility index (Phi) is 5.15. The molecule has 10 heteroatoms. The van der Waals surface area contributed by atoms with Gasteiger partial charge in [0.25, 0.3) is 10.2 Å². The van der Waals surface area contributed by atoms with Crippen molar-refractivity contribution in [1.82, 2.24) is 9.03 Å². The molecule has 0 aromatic rings. The second kappa shape index (κ2) is 5.41. The SMILES string of the molecule is CCN(CC)S(=O)(=O)NC(C)(C(=O)O)C(F)(F)F. The summed E-state index contributed by atoms with van der Waals surface area (Å²) in [6.45, 7) is 2.97. The molecule has 0 aromatic heterocycles. The molecule has 0 fully saturated rings. The fraction of sp³-hybridized carbons (Fsp3) is 0.875. The van der Waals surface area contributed by atoms with E-state index in [9.17, 15) is 26.4 Å². The summed E-state index contributed by atoms with van der Waals surface area (Å²) in [5, 5.41) is 8.59. The molecule has 1 unspecified atom stereocenters. The third-order valence-corrected chi connectivity index (χ3v) is 4.24. The van der Waals surface area contributed by atoms with Gasteiger partial charge in [0.2, 0.25) is 5.54 Å². The first-order valence-electron chi connectivity index (χ1n) is 5.01. The lowest BCUT2D eigenvalue weighted by Gasteiger charge is -2.30. The van der Waals surface area contributed by atoms with Crippen LogP contribution >= 0.6 is 0 Å². The van der Waals surface area contributed by atoms with Gasteiger partial charge in [-0.25, -0.2) is 4.79 Å². The molecular weight excluding hydrogens is 277 g/mol. The zero-order chi connectivity index (χ0) is 14.8. The molecular formula is C8H15F3N2O4S. The van der Waals surface area contributed by atoms with Gasteiger partial charge in [-0.05, 0) is 6.92 Å². The molecule has 0 aliphatic rings. The molecule has 108 valence electrons. The number of nitrogens with zero attached hydrogens (tertiary/aromatic N) is 1. The highest BCUT2D eigenvalue weighted by Gasteiger charge is 2.59. The van der Waals surface area contributed by atoms with Crippen LogP contribution in [0.4, 0.5) is 13.2 Å². The van der Waals surface area contributed by atoms with E-state index in [0.717, 1.165) is 0 Å². The maximum atomic E-state index is 12.6. The van der Waals surface area contributed by atoms with Crippen LogP contribution in [0.3, 0.4) is 0 Å². The van der Waals surface area contributed by atoms with E-state index in [1.165, 1.54) is 18.6 Å². The molecule has 0 bridgehead atoms. The molecule has 6 nitrogen and oxygen atoms in total. The third kappa shape index (κ3) is 3.33. The summed E-state index contributed by atoms with van der Waals surface area (Å²) in [6, 6.07) is 0. The first-order chi connectivity index (χ1) is 7.92. The molecule has 18 heavy (non-hydrogen) atoms. The lowest BCUT2D eigenvalue weighted by molar-refractivity contribution is -0.201. The quantitative estimate of drug-likeness (QED) is 0.749. The number of alkyl halides is 3. The Balaban J connectivity index is 5.45. The highest BCUT2D eigenvalue weighted by Crippen LogP contribution is 2.31. The van der Waals surface area contributed by atoms with Crippen LogP contribution in [-0.4, -0.2) is 48.6 Å². The molecule has 0 radical (unpaired) electrons. The average Bonchev–Trinajstić information content (AvgIpc) is 2.15. The van der Waals surface area contributed by atoms with Crippen molar-refractivity contribution in [3.63, 3.8) is 0 Å². The summed E-state index contributed by atoms with van der Waals surface area (Å²) < 4.78 is 63.0. The molecule has 0 aromatic carbocycles. The van der Waals surface area contributed by atoms with E-state index in [2.05, 4.69) is 0 Å². The van der Waals surface area contributed by atoms with Gasteiger partial charge in [0.05, 0.1) is 0 Å². The van der Waals surface area contributed by atoms with Crippen LogP contribution in [0.25, 0.3) is 0 Å². The van der Waals surface area contributed by atoms with Gasteiger partial charge in [-0.2, -0.15) is 30.6 Å². The Labute approximate surface area is 103 Å². The van der Waals surface area contributed by atoms with Gasteiger partial charge in [0.15, 0.2) is 0 Å². The molecule has 0 saturated carbocycles. The predicted octanol–water partition coefficient (Wildman–Crippen LogP) is 0.568. The molecule has 0 amide bonds. The maximum Gasteiger partial charge on any atom is 0.418 e. The van der Waals surface area contributed by atoms with E-state index in [0.29, 0.717) is 4.31 Å². The number of carboxylic acids is 1. The number of halogens is 3. The minimum Gasteiger partial charge on any atom is -0.480 e. The Morgan fingerprint density at radius 3 is 1.89 bits per heavy atom. The minimum atomic E-state index is -5.25. The fourth-order valence-electron chi connectivity index (χ4n) is 1.11. The number of carboxylic acid groups (broad SMARTS) is 1. The van der Waals surface area contributed by atoms with Crippen LogP contribution in [-0.2, 0) is 15.0 Å². The summed E-state index contributed by atoms with van der Waals surface area (Å²) in [5.74, 6) is -2.31. The van der Waals surface area contributed by atoms with Gasteiger partial charge in [-0.1, -0.05) is 13.8 Å². The number of hydrogen-bond acceptors (Lipinski definition) is 3. The van der Waals surface area contributed by atoms with Crippen LogP contribution in [0.1, 0.15) is 20.8 Å². The topological polar surface area (TPSA) is 86.7 Å². The van der Waals surface area contributed by atoms with E-state index in [4.69, 9.17) is 5.11 Å². The average molecular weight is 292 g/mol. The van der Waals surface area contributed by atoms with E-state index in [-0.39, 0.29) is 20.0 Å². The zero-order valence-corrected chi connectivity index (χ0v) is 10.9. The molecule has 1 atom stereocenters. The van der Waals surface area contributed by atoms with Gasteiger partial charge in [-0.15, -0.1) is 0 Å². The van der Waals surface area contributed by atoms with Crippen molar-refractivity contribution < 1.29 is 31.5 Å². The third-order valence-electron chi connectivity index (χ3n) is 2.37. The minimum absolute atomic E-state index is 0.0701. The van der Waals surface area contributed by atoms with Crippen molar-refractivity contribution in [1.29, 1.82) is 0 Å². The summed E-state index contributed by atoms with van der Waals surface area (Å²) >= 11 is 0. The van der Waals surface area contributed by atoms with Crippen LogP contribution in [0, 0.1) is 0 Å². The van der Waals surface area contributed by atoms with Crippen molar-refractivity contribution in [3.05, 3.63) is 0 Å². The standard InChI is InChI=1S/C8H15F3N2O4S/c1-4-13(5-2)18(16,17)12-7(3,6(14)15)8(9,10)11/h12H,4-5H2,1-3H3,(H,14,15). The Hall–Kier alpha value is -0.870. The first kappa shape index (κ1) is 17.1. The van der Waals surface area contributed by atoms with Gasteiger partial charge in [0, 0.05) is 13.1 Å². The number of hydrogen-bond donors (Lipinski definition) is 2. The molecule has 2 N–H and O–H groups in total. The van der Waals surface area contributed by atoms with E-state index in [1.54, 1.807) is 0 Å². The van der Waals surface area contributed by atoms with E-state index < -0.39 is 27.9 Å². The zero-order valence-electron chi connectivity index (χ0n) is 10.1. The van der Waals surface area contributed by atoms with Crippen LogP contribution in [0.15, 0.2) is 0 Å². The van der Waals surface area contributed by atoms with Crippen molar-refractivity contribution in [2.45, 2.75) is 32.5 Å². The lowest BCUT2D eigenvalue weighted by atomic mass is 10.0. The van der Waals surface area contributed by atoms with E-state index in [1.807, 2.05) is 0 Å². The molecule has 0 heterocycles. The highest BCUT2D eigenvalue weighted by atomic mass is 32.2. The van der Waals surface area contributed by atoms with Crippen molar-refractivity contribution in [2.75, 3.05) is 13.1 Å². The van der Waals surface area contributed by atoms with Gasteiger partial charge < -0.3 is 5.11 Å². The number of carbonyl (C=O) groups is 1. The van der Waals surface area contributed by atoms with Crippen LogP contribution in [0.2, 0.25) is 0 Å². The summed E-state index contributed by atoms with van der Waals surface area (Å²) in [6.07, 6.45) is -5.25. The maximum absolute atomic E-state index is 12.6. The van der Waals surface area contributed by atoms with Crippen LogP contribution in [0.5, 0.6) is 0 Å². The summed E-state index contributed by atoms with van der Waals surface area (Å²) in [4.78, 5) is 10.7. The smallest absolute Gasteiger partial charge is 0.418 e. The Morgan fingerprint density at radius 1 is 1.28 bits per heavy atom. The van der Waals surface area contributed by atoms with Gasteiger partial charge >= 0.3 is 12.1 Å². The molecule has 0 spiro atoms. The molecule has 0 aliphatic heterocycles. The number of nitrogens with one attached hydrogen (secondary N) is 1. The Morgan fingerprint density at radius 2 is 1.67 bits per heavy atom. The highest BCUT2D eigenvalue weighted by molar-refractivity contribution is 7.87. The monoisotopic (exact) mass is 292 g/mol.